The number of nitrogens with two attached hydrogens (primary N) is 1. The fourth-order valence-corrected chi connectivity index (χ4v) is 4.35. The van der Waals surface area contributed by atoms with Crippen molar-refractivity contribution in [1.82, 2.24) is 15.1 Å². The number of ether oxygens (including phenoxy) is 1. The molecule has 8 nitrogen and oxygen atoms in total. The Hall–Kier alpha value is -1.83. The van der Waals surface area contributed by atoms with Gasteiger partial charge in [0.2, 0.25) is 11.8 Å². The number of carbonyl (C=O) groups is 3. The van der Waals surface area contributed by atoms with Crippen LogP contribution in [0.15, 0.2) is 0 Å². The number of likely N-dealkylation sites (N-methyl/N-ethyl adjacent to an activating group) is 1. The zero-order chi connectivity index (χ0) is 23.0. The van der Waals surface area contributed by atoms with Crippen LogP contribution in [0.3, 0.4) is 0 Å². The molecule has 0 aromatic heterocycles. The number of likely N-dealkylation sites (tertiary alicyclic amines) is 1. The van der Waals surface area contributed by atoms with Gasteiger partial charge in [-0.25, -0.2) is 4.79 Å². The van der Waals surface area contributed by atoms with Gasteiger partial charge in [-0.3, -0.25) is 14.5 Å². The van der Waals surface area contributed by atoms with Crippen LogP contribution in [-0.4, -0.2) is 71.1 Å². The van der Waals surface area contributed by atoms with Crippen LogP contribution in [-0.2, 0) is 14.3 Å². The summed E-state index contributed by atoms with van der Waals surface area (Å²) in [6.07, 6.45) is 2.37. The number of carbonyl (C=O) groups excluding carboxylic acids is 3. The van der Waals surface area contributed by atoms with Gasteiger partial charge in [0.1, 0.15) is 17.7 Å². The Bertz CT molecular complexity index is 667. The summed E-state index contributed by atoms with van der Waals surface area (Å²) < 4.78 is 5.35. The zero-order valence-corrected chi connectivity index (χ0v) is 19.8. The van der Waals surface area contributed by atoms with Crippen LogP contribution in [0.4, 0.5) is 4.79 Å². The lowest BCUT2D eigenvalue weighted by molar-refractivity contribution is -0.141. The van der Waals surface area contributed by atoms with Gasteiger partial charge < -0.3 is 20.7 Å². The van der Waals surface area contributed by atoms with Crippen molar-refractivity contribution in [1.29, 1.82) is 0 Å². The van der Waals surface area contributed by atoms with Crippen molar-refractivity contribution in [2.75, 3.05) is 13.6 Å². The summed E-state index contributed by atoms with van der Waals surface area (Å²) in [5.41, 5.74) is 5.15. The van der Waals surface area contributed by atoms with Crippen LogP contribution in [0.5, 0.6) is 0 Å². The van der Waals surface area contributed by atoms with Crippen LogP contribution in [0.1, 0.15) is 67.7 Å². The van der Waals surface area contributed by atoms with Crippen molar-refractivity contribution in [3.05, 3.63) is 0 Å². The molecule has 1 aliphatic heterocycles. The highest BCUT2D eigenvalue weighted by atomic mass is 16.6. The lowest BCUT2D eigenvalue weighted by Crippen LogP contribution is -2.60. The molecule has 0 aromatic rings. The maximum atomic E-state index is 13.5. The Morgan fingerprint density at radius 3 is 2.23 bits per heavy atom. The predicted octanol–water partition coefficient (Wildman–Crippen LogP) is 2.11. The molecule has 8 heteroatoms. The van der Waals surface area contributed by atoms with Crippen molar-refractivity contribution in [3.63, 3.8) is 0 Å². The minimum atomic E-state index is -0.780. The molecule has 0 aromatic carbocycles. The highest BCUT2D eigenvalue weighted by Gasteiger charge is 2.48. The molecule has 0 radical (unpaired) electrons. The van der Waals surface area contributed by atoms with Crippen molar-refractivity contribution in [2.24, 2.45) is 17.1 Å². The van der Waals surface area contributed by atoms with Gasteiger partial charge in [0, 0.05) is 25.7 Å². The maximum absolute atomic E-state index is 13.5. The molecule has 0 unspecified atom stereocenters. The molecule has 0 bridgehead atoms. The van der Waals surface area contributed by atoms with Gasteiger partial charge in [-0.05, 0) is 58.3 Å². The summed E-state index contributed by atoms with van der Waals surface area (Å²) in [5.74, 6) is -0.0200. The van der Waals surface area contributed by atoms with Crippen LogP contribution >= 0.6 is 0 Å². The molecule has 1 heterocycles. The third kappa shape index (κ3) is 5.45. The van der Waals surface area contributed by atoms with Crippen LogP contribution in [0, 0.1) is 11.3 Å². The SMILES string of the molecule is C[C@@H](C(=O)N[C@H](C(=O)N1CC[C@H]2CC[C@H](N)[C@H]21)C(C)(C)C)N(C)C(=O)OC(C)(C)C. The number of fused-ring (bicyclic) bond motifs is 1. The molecule has 1 saturated carbocycles. The standard InChI is InChI=1S/C22H40N4O4/c1-13(25(8)20(29)30-22(5,6)7)18(27)24-17(21(2,3)4)19(28)26-12-11-14-9-10-15(23)16(14)26/h13-17H,9-12,23H2,1-8H3,(H,24,27)/t13-,14+,15-,16-,17+/m0/s1. The lowest BCUT2D eigenvalue weighted by Gasteiger charge is -2.37. The Morgan fingerprint density at radius 1 is 1.10 bits per heavy atom. The second-order valence-electron chi connectivity index (χ2n) is 10.9. The van der Waals surface area contributed by atoms with Crippen LogP contribution < -0.4 is 11.1 Å². The van der Waals surface area contributed by atoms with E-state index in [1.165, 1.54) is 11.9 Å². The molecular weight excluding hydrogens is 384 g/mol. The first-order chi connectivity index (χ1) is 13.6. The van der Waals surface area contributed by atoms with E-state index >= 15 is 0 Å². The molecule has 30 heavy (non-hydrogen) atoms. The highest BCUT2D eigenvalue weighted by molar-refractivity contribution is 5.91. The van der Waals surface area contributed by atoms with Gasteiger partial charge in [0.25, 0.3) is 0 Å². The largest absolute Gasteiger partial charge is 0.444 e. The lowest BCUT2D eigenvalue weighted by atomic mass is 9.85. The second-order valence-corrected chi connectivity index (χ2v) is 10.9. The van der Waals surface area contributed by atoms with Crippen molar-refractivity contribution in [3.8, 4) is 0 Å². The Kier molecular flexibility index (Phi) is 7.11. The second kappa shape index (κ2) is 8.73. The first kappa shape index (κ1) is 24.4. The Morgan fingerprint density at radius 2 is 1.70 bits per heavy atom. The normalized spacial score (nSPS) is 26.0. The molecule has 172 valence electrons. The average Bonchev–Trinajstić information content (AvgIpc) is 3.18. The summed E-state index contributed by atoms with van der Waals surface area (Å²) in [6, 6.07) is -1.43. The van der Waals surface area contributed by atoms with Gasteiger partial charge >= 0.3 is 6.09 Å². The van der Waals surface area contributed by atoms with Gasteiger partial charge in [-0.2, -0.15) is 0 Å². The smallest absolute Gasteiger partial charge is 0.410 e. The van der Waals surface area contributed by atoms with Crippen molar-refractivity contribution >= 4 is 17.9 Å². The van der Waals surface area contributed by atoms with Gasteiger partial charge in [0.05, 0.1) is 0 Å². The number of rotatable bonds is 4. The van der Waals surface area contributed by atoms with Crippen LogP contribution in [0.2, 0.25) is 0 Å². The third-order valence-corrected chi connectivity index (χ3v) is 6.22. The third-order valence-electron chi connectivity index (χ3n) is 6.22. The first-order valence-corrected chi connectivity index (χ1v) is 11.0. The van der Waals surface area contributed by atoms with Gasteiger partial charge in [-0.1, -0.05) is 20.8 Å². The molecule has 3 amide bonds. The number of amides is 3. The molecular formula is C22H40N4O4. The quantitative estimate of drug-likeness (QED) is 0.719. The van der Waals surface area contributed by atoms with Crippen LogP contribution in [0.25, 0.3) is 0 Å². The fourth-order valence-electron chi connectivity index (χ4n) is 4.35. The maximum Gasteiger partial charge on any atom is 0.410 e. The zero-order valence-electron chi connectivity index (χ0n) is 19.8. The Balaban J connectivity index is 2.12. The van der Waals surface area contributed by atoms with E-state index in [-0.39, 0.29) is 23.9 Å². The summed E-state index contributed by atoms with van der Waals surface area (Å²) in [6.45, 7) is 13.4. The summed E-state index contributed by atoms with van der Waals surface area (Å²) in [7, 11) is 1.52. The monoisotopic (exact) mass is 424 g/mol. The van der Waals surface area contributed by atoms with Crippen molar-refractivity contribution in [2.45, 2.75) is 97.5 Å². The van der Waals surface area contributed by atoms with Crippen molar-refractivity contribution < 1.29 is 19.1 Å². The summed E-state index contributed by atoms with van der Waals surface area (Å²) >= 11 is 0. The number of hydrogen-bond acceptors (Lipinski definition) is 5. The van der Waals surface area contributed by atoms with E-state index in [1.807, 2.05) is 25.7 Å². The van der Waals surface area contributed by atoms with Gasteiger partial charge in [-0.15, -0.1) is 0 Å². The minimum Gasteiger partial charge on any atom is -0.444 e. The predicted molar refractivity (Wildman–Crippen MR) is 116 cm³/mol. The molecule has 5 atom stereocenters. The molecule has 2 fully saturated rings. The van der Waals surface area contributed by atoms with E-state index in [4.69, 9.17) is 10.5 Å². The molecule has 2 rings (SSSR count). The van der Waals surface area contributed by atoms with E-state index in [9.17, 15) is 14.4 Å². The number of nitrogens with one attached hydrogen (secondary N) is 1. The average molecular weight is 425 g/mol. The molecule has 1 aliphatic carbocycles. The molecule has 3 N–H and O–H groups in total. The van der Waals surface area contributed by atoms with E-state index in [0.717, 1.165) is 19.3 Å². The summed E-state index contributed by atoms with van der Waals surface area (Å²) in [5, 5.41) is 2.91. The van der Waals surface area contributed by atoms with E-state index in [2.05, 4.69) is 5.32 Å². The first-order valence-electron chi connectivity index (χ1n) is 11.0. The van der Waals surface area contributed by atoms with Gasteiger partial charge in [0.15, 0.2) is 0 Å². The number of nitrogens with zero attached hydrogens (tertiary/aromatic N) is 2. The summed E-state index contributed by atoms with van der Waals surface area (Å²) in [4.78, 5) is 41.9. The molecule has 1 saturated heterocycles. The number of hydrogen-bond donors (Lipinski definition) is 2. The molecule has 0 spiro atoms. The highest BCUT2D eigenvalue weighted by Crippen LogP contribution is 2.38. The minimum absolute atomic E-state index is 0.00463. The Labute approximate surface area is 180 Å². The van der Waals surface area contributed by atoms with E-state index in [1.54, 1.807) is 27.7 Å². The van der Waals surface area contributed by atoms with E-state index in [0.29, 0.717) is 12.5 Å². The molecule has 2 aliphatic rings. The van der Waals surface area contributed by atoms with E-state index < -0.39 is 29.2 Å². The topological polar surface area (TPSA) is 105 Å². The fraction of sp³-hybridized carbons (Fsp3) is 0.864.